The van der Waals surface area contributed by atoms with Crippen molar-refractivity contribution in [1.29, 1.82) is 0 Å². The largest absolute Gasteiger partial charge is 0.394 e. The van der Waals surface area contributed by atoms with E-state index in [1.807, 2.05) is 25.1 Å². The summed E-state index contributed by atoms with van der Waals surface area (Å²) in [7, 11) is 3.54. The predicted molar refractivity (Wildman–Crippen MR) is 143 cm³/mol. The van der Waals surface area contributed by atoms with Gasteiger partial charge in [0.2, 0.25) is 0 Å². The number of ether oxygens (including phenoxy) is 1. The fourth-order valence-corrected chi connectivity index (χ4v) is 5.82. The smallest absolute Gasteiger partial charge is 0.161 e. The molecule has 1 aliphatic heterocycles. The standard InChI is InChI=1S/C26H27FN8O3S/c1-14-30-18-6-5-16(9-24(18)39-14)35-26(28-13-29-35)22-10-21(25(37)23(12-36)38-22)34-11-19(31-32-34)15-4-7-20(33(2)3)17(27)8-15/h4-9,11,13,21-23,25,36-37H,10,12H2,1-3H3. The molecule has 202 valence electrons. The molecule has 0 radical (unpaired) electrons. The van der Waals surface area contributed by atoms with Crippen molar-refractivity contribution in [2.45, 2.75) is 37.7 Å². The highest BCUT2D eigenvalue weighted by Crippen LogP contribution is 2.38. The predicted octanol–water partition coefficient (Wildman–Crippen LogP) is 3.07. The molecule has 3 aromatic heterocycles. The number of anilines is 1. The van der Waals surface area contributed by atoms with Crippen molar-refractivity contribution in [2.24, 2.45) is 0 Å². The number of hydrogen-bond donors (Lipinski definition) is 2. The average Bonchev–Trinajstić information content (AvgIpc) is 3.67. The summed E-state index contributed by atoms with van der Waals surface area (Å²) in [4.78, 5) is 10.7. The van der Waals surface area contributed by atoms with Crippen LogP contribution >= 0.6 is 11.3 Å². The number of aliphatic hydroxyl groups excluding tert-OH is 2. The van der Waals surface area contributed by atoms with Crippen molar-refractivity contribution in [3.05, 3.63) is 65.6 Å². The average molecular weight is 551 g/mol. The van der Waals surface area contributed by atoms with Crippen molar-refractivity contribution < 1.29 is 19.3 Å². The van der Waals surface area contributed by atoms with Gasteiger partial charge < -0.3 is 19.8 Å². The quantitative estimate of drug-likeness (QED) is 0.328. The zero-order chi connectivity index (χ0) is 27.3. The van der Waals surface area contributed by atoms with Crippen LogP contribution in [0.25, 0.3) is 27.2 Å². The molecule has 0 amide bonds. The lowest BCUT2D eigenvalue weighted by Gasteiger charge is -2.38. The summed E-state index contributed by atoms with van der Waals surface area (Å²) in [6.07, 6.45) is 0.890. The van der Waals surface area contributed by atoms with Gasteiger partial charge in [0, 0.05) is 26.1 Å². The summed E-state index contributed by atoms with van der Waals surface area (Å²) in [5, 5.41) is 34.9. The van der Waals surface area contributed by atoms with Gasteiger partial charge in [-0.15, -0.1) is 16.4 Å². The lowest BCUT2D eigenvalue weighted by atomic mass is 9.95. The Kier molecular flexibility index (Phi) is 6.59. The van der Waals surface area contributed by atoms with Crippen LogP contribution in [0.5, 0.6) is 0 Å². The molecule has 4 heterocycles. The Morgan fingerprint density at radius 1 is 1.21 bits per heavy atom. The molecular formula is C26H27FN8O3S. The van der Waals surface area contributed by atoms with Gasteiger partial charge >= 0.3 is 0 Å². The van der Waals surface area contributed by atoms with E-state index < -0.39 is 31.0 Å². The number of aryl methyl sites for hydroxylation is 1. The molecule has 2 N–H and O–H groups in total. The SMILES string of the molecule is Cc1nc2ccc(-n3ncnc3C3CC(n4cc(-c5ccc(N(C)C)c(F)c5)nn4)C(O)C(CO)O3)cc2s1. The first kappa shape index (κ1) is 25.5. The van der Waals surface area contributed by atoms with Gasteiger partial charge in [0.25, 0.3) is 0 Å². The summed E-state index contributed by atoms with van der Waals surface area (Å²) >= 11 is 1.60. The van der Waals surface area contributed by atoms with Crippen LogP contribution in [0.1, 0.15) is 29.4 Å². The number of halogens is 1. The number of fused-ring (bicyclic) bond motifs is 1. The van der Waals surface area contributed by atoms with Crippen molar-refractivity contribution in [2.75, 3.05) is 25.6 Å². The van der Waals surface area contributed by atoms with E-state index in [2.05, 4.69) is 25.4 Å². The molecule has 0 bridgehead atoms. The van der Waals surface area contributed by atoms with E-state index in [1.54, 1.807) is 58.0 Å². The summed E-state index contributed by atoms with van der Waals surface area (Å²) in [5.41, 5.74) is 3.21. The Balaban J connectivity index is 1.31. The van der Waals surface area contributed by atoms with Gasteiger partial charge in [-0.2, -0.15) is 5.10 Å². The minimum Gasteiger partial charge on any atom is -0.394 e. The Morgan fingerprint density at radius 2 is 2.05 bits per heavy atom. The van der Waals surface area contributed by atoms with E-state index in [0.717, 1.165) is 20.9 Å². The van der Waals surface area contributed by atoms with E-state index in [4.69, 9.17) is 4.74 Å². The van der Waals surface area contributed by atoms with Crippen LogP contribution in [0.15, 0.2) is 48.9 Å². The zero-order valence-electron chi connectivity index (χ0n) is 21.5. The third-order valence-corrected chi connectivity index (χ3v) is 7.84. The molecule has 2 aromatic carbocycles. The molecule has 0 spiro atoms. The number of nitrogens with zero attached hydrogens (tertiary/aromatic N) is 8. The Morgan fingerprint density at radius 3 is 2.82 bits per heavy atom. The third-order valence-electron chi connectivity index (χ3n) is 6.91. The third kappa shape index (κ3) is 4.67. The first-order valence-corrected chi connectivity index (χ1v) is 13.2. The monoisotopic (exact) mass is 550 g/mol. The first-order chi connectivity index (χ1) is 18.8. The lowest BCUT2D eigenvalue weighted by Crippen LogP contribution is -2.45. The maximum atomic E-state index is 14.6. The fraction of sp³-hybridized carbons (Fsp3) is 0.346. The lowest BCUT2D eigenvalue weighted by molar-refractivity contribution is -0.161. The molecule has 11 nitrogen and oxygen atoms in total. The van der Waals surface area contributed by atoms with Crippen molar-refractivity contribution in [1.82, 2.24) is 34.7 Å². The fourth-order valence-electron chi connectivity index (χ4n) is 4.96. The Labute approximate surface area is 227 Å². The maximum absolute atomic E-state index is 14.6. The van der Waals surface area contributed by atoms with Gasteiger partial charge in [-0.1, -0.05) is 11.3 Å². The highest BCUT2D eigenvalue weighted by molar-refractivity contribution is 7.18. The number of aromatic nitrogens is 7. The molecule has 0 aliphatic carbocycles. The normalized spacial score (nSPS) is 21.5. The molecule has 4 unspecified atom stereocenters. The van der Waals surface area contributed by atoms with E-state index >= 15 is 0 Å². The van der Waals surface area contributed by atoms with Gasteiger partial charge in [-0.05, 0) is 37.3 Å². The second kappa shape index (κ2) is 10.1. The van der Waals surface area contributed by atoms with E-state index in [1.165, 1.54) is 12.4 Å². The summed E-state index contributed by atoms with van der Waals surface area (Å²) in [6, 6.07) is 10.1. The molecule has 0 saturated carbocycles. The molecule has 1 fully saturated rings. The van der Waals surface area contributed by atoms with Crippen molar-refractivity contribution >= 4 is 27.2 Å². The van der Waals surface area contributed by atoms with Crippen LogP contribution in [0.2, 0.25) is 0 Å². The van der Waals surface area contributed by atoms with Crippen molar-refractivity contribution in [3.8, 4) is 16.9 Å². The van der Waals surface area contributed by atoms with Crippen molar-refractivity contribution in [3.63, 3.8) is 0 Å². The van der Waals surface area contributed by atoms with Gasteiger partial charge in [-0.25, -0.2) is 23.7 Å². The zero-order valence-corrected chi connectivity index (χ0v) is 22.3. The minimum atomic E-state index is -1.05. The van der Waals surface area contributed by atoms with Gasteiger partial charge in [0.1, 0.15) is 36.2 Å². The number of hydrogen-bond acceptors (Lipinski definition) is 10. The summed E-state index contributed by atoms with van der Waals surface area (Å²) < 4.78 is 24.9. The number of rotatable bonds is 6. The molecule has 1 aliphatic rings. The molecule has 6 rings (SSSR count). The van der Waals surface area contributed by atoms with Crippen LogP contribution < -0.4 is 4.90 Å². The van der Waals surface area contributed by atoms with E-state index in [-0.39, 0.29) is 5.82 Å². The molecule has 1 saturated heterocycles. The highest BCUT2D eigenvalue weighted by atomic mass is 32.1. The summed E-state index contributed by atoms with van der Waals surface area (Å²) in [6.45, 7) is 1.57. The van der Waals surface area contributed by atoms with Gasteiger partial charge in [0.05, 0.1) is 45.4 Å². The van der Waals surface area contributed by atoms with Gasteiger partial charge in [0.15, 0.2) is 5.82 Å². The minimum absolute atomic E-state index is 0.301. The first-order valence-electron chi connectivity index (χ1n) is 12.4. The molecular weight excluding hydrogens is 523 g/mol. The van der Waals surface area contributed by atoms with Gasteiger partial charge in [-0.3, -0.25) is 0 Å². The molecule has 4 atom stereocenters. The second-order valence-electron chi connectivity index (χ2n) is 9.70. The topological polar surface area (TPSA) is 127 Å². The molecule has 5 aromatic rings. The molecule has 39 heavy (non-hydrogen) atoms. The number of aliphatic hydroxyl groups is 2. The summed E-state index contributed by atoms with van der Waals surface area (Å²) in [5.74, 6) is 0.164. The Bertz CT molecular complexity index is 1630. The van der Waals surface area contributed by atoms with Crippen LogP contribution in [0.4, 0.5) is 10.1 Å². The van der Waals surface area contributed by atoms with E-state index in [9.17, 15) is 14.6 Å². The van der Waals surface area contributed by atoms with Crippen LogP contribution in [0.3, 0.4) is 0 Å². The molecule has 13 heteroatoms. The number of benzene rings is 2. The maximum Gasteiger partial charge on any atom is 0.161 e. The van der Waals surface area contributed by atoms with Crippen LogP contribution in [0, 0.1) is 12.7 Å². The van der Waals surface area contributed by atoms with Crippen LogP contribution in [-0.4, -0.2) is 77.9 Å². The van der Waals surface area contributed by atoms with E-state index in [0.29, 0.717) is 29.2 Å². The highest BCUT2D eigenvalue weighted by Gasteiger charge is 2.41. The number of thiazole rings is 1. The van der Waals surface area contributed by atoms with Crippen LogP contribution in [-0.2, 0) is 4.74 Å². The Hall–Kier alpha value is -3.78. The second-order valence-corrected chi connectivity index (χ2v) is 10.9.